The molecule has 111 heavy (non-hydrogen) atoms. The van der Waals surface area contributed by atoms with Crippen molar-refractivity contribution in [3.05, 3.63) is 108 Å². The number of amides is 13. The molecule has 0 radical (unpaired) electrons. The Balaban J connectivity index is 1.49. The Hall–Kier alpha value is -11.6. The van der Waals surface area contributed by atoms with E-state index in [4.69, 9.17) is 22.9 Å². The van der Waals surface area contributed by atoms with Crippen LogP contribution in [0.15, 0.2) is 91.0 Å². The lowest BCUT2D eigenvalue weighted by Crippen LogP contribution is -2.65. The Morgan fingerprint density at radius 2 is 1.13 bits per heavy atom. The van der Waals surface area contributed by atoms with Crippen LogP contribution >= 0.6 is 0 Å². The fourth-order valence-electron chi connectivity index (χ4n) is 12.6. The van der Waals surface area contributed by atoms with E-state index < -0.39 is 205 Å². The fraction of sp³-hybridized carbons (Fsp3) is 0.520. The molecule has 36 heteroatoms. The number of carboxylic acids is 3. The van der Waals surface area contributed by atoms with Gasteiger partial charge in [0.2, 0.25) is 76.8 Å². The normalized spacial score (nSPS) is 21.3. The number of hydrogen-bond donors (Lipinski definition) is 19. The summed E-state index contributed by atoms with van der Waals surface area (Å²) in [5.41, 5.74) is 19.9. The predicted octanol–water partition coefficient (Wildman–Crippen LogP) is -1.52. The molecule has 2 aliphatic rings. The molecule has 2 aliphatic heterocycles. The molecule has 606 valence electrons. The Kier molecular flexibility index (Phi) is 36.3. The molecular weight excluding hydrogens is 1450 g/mol. The first-order chi connectivity index (χ1) is 52.6. The second-order valence-corrected chi connectivity index (χ2v) is 28.1. The molecule has 1 saturated heterocycles. The van der Waals surface area contributed by atoms with Gasteiger partial charge in [0, 0.05) is 38.6 Å². The largest absolute Gasteiger partial charge is 0.508 e. The average Bonchev–Trinajstić information content (AvgIpc) is 1.70. The molecule has 11 atom stereocenters. The summed E-state index contributed by atoms with van der Waals surface area (Å²) in [7, 11) is 0. The summed E-state index contributed by atoms with van der Waals surface area (Å²) >= 11 is 0. The quantitative estimate of drug-likeness (QED) is 0.0238. The van der Waals surface area contributed by atoms with E-state index in [-0.39, 0.29) is 88.8 Å². The number of hydrogen-bond acceptors (Lipinski definition) is 20. The third-order valence-electron chi connectivity index (χ3n) is 18.9. The minimum Gasteiger partial charge on any atom is -0.508 e. The summed E-state index contributed by atoms with van der Waals surface area (Å²) in [4.78, 5) is 220. The first kappa shape index (κ1) is 90.1. The molecule has 5 rings (SSSR count). The number of phenolic OH excluding ortho intramolecular Hbond substituents is 2. The van der Waals surface area contributed by atoms with Crippen molar-refractivity contribution >= 4 is 94.7 Å². The number of nitrogens with zero attached hydrogens (tertiary/aromatic N) is 1. The molecule has 36 nitrogen and oxygen atoms in total. The van der Waals surface area contributed by atoms with Gasteiger partial charge in [-0.3, -0.25) is 71.9 Å². The van der Waals surface area contributed by atoms with Crippen molar-refractivity contribution in [2.75, 3.05) is 19.6 Å². The van der Waals surface area contributed by atoms with Crippen LogP contribution in [-0.2, 0) is 96.0 Å². The van der Waals surface area contributed by atoms with Gasteiger partial charge in [0.25, 0.3) is 0 Å². The van der Waals surface area contributed by atoms with Gasteiger partial charge >= 0.3 is 17.9 Å². The third-order valence-corrected chi connectivity index (χ3v) is 18.9. The Morgan fingerprint density at radius 3 is 1.73 bits per heavy atom. The van der Waals surface area contributed by atoms with E-state index in [0.29, 0.717) is 61.6 Å². The van der Waals surface area contributed by atoms with Gasteiger partial charge in [0.05, 0.1) is 25.4 Å². The highest BCUT2D eigenvalue weighted by atomic mass is 16.4. The number of carboxylic acid groups (broad SMARTS) is 3. The number of rotatable bonds is 34. The molecule has 0 aromatic heterocycles. The number of carbonyl (C=O) groups excluding carboxylic acids is 13. The Morgan fingerprint density at radius 1 is 0.577 bits per heavy atom. The lowest BCUT2D eigenvalue weighted by molar-refractivity contribution is -0.144. The maximum Gasteiger partial charge on any atom is 0.326 e. The topological polar surface area (TPSA) is 602 Å². The van der Waals surface area contributed by atoms with Crippen LogP contribution in [0.2, 0.25) is 0 Å². The zero-order chi connectivity index (χ0) is 82.0. The number of aliphatic carboxylic acids is 3. The van der Waals surface area contributed by atoms with Crippen molar-refractivity contribution in [3.8, 4) is 11.5 Å². The SMILES string of the molecule is C[C@@]1(C(=O)N[C@@H](CCC(=O)O)C(=O)O)CCCCCC/C=C/CCC[C@](C)(NC(=O)[C@@H]2CCCN2C(=O)[C@H](CC(N)=O)NC(=O)[C@H](CCC(=O)O)NC(=O)[C@H](Cc2ccc(O)cc2)NC(=O)CNC(=O)[C@@H](N)CC(N)=O)C(=O)N[C@@H](Cc2ccc(O)cc2)C(=O)N[C@@H](CCCCN)C(=O)N[C@@H](Cc2ccccc2)C(=O)N1. The monoisotopic (exact) mass is 1550 g/mol. The number of benzene rings is 3. The van der Waals surface area contributed by atoms with Gasteiger partial charge in [-0.15, -0.1) is 0 Å². The number of carbonyl (C=O) groups is 16. The first-order valence-corrected chi connectivity index (χ1v) is 36.9. The van der Waals surface area contributed by atoms with Crippen LogP contribution < -0.4 is 76.1 Å². The lowest BCUT2D eigenvalue weighted by atomic mass is 9.91. The van der Waals surface area contributed by atoms with Crippen molar-refractivity contribution in [1.82, 2.24) is 58.1 Å². The van der Waals surface area contributed by atoms with Crippen molar-refractivity contribution < 1.29 is 102 Å². The van der Waals surface area contributed by atoms with Gasteiger partial charge in [-0.25, -0.2) is 4.79 Å². The number of unbranched alkanes of at least 4 members (excludes halogenated alkanes) is 1. The van der Waals surface area contributed by atoms with Gasteiger partial charge in [-0.2, -0.15) is 0 Å². The highest BCUT2D eigenvalue weighted by Crippen LogP contribution is 2.25. The molecule has 13 amide bonds. The van der Waals surface area contributed by atoms with E-state index >= 15 is 14.4 Å². The molecule has 0 spiro atoms. The molecule has 0 unspecified atom stereocenters. The summed E-state index contributed by atoms with van der Waals surface area (Å²) in [6.07, 6.45) is 2.67. The number of allylic oxidation sites excluding steroid dienone is 2. The Labute approximate surface area is 641 Å². The second-order valence-electron chi connectivity index (χ2n) is 28.1. The predicted molar refractivity (Wildman–Crippen MR) is 399 cm³/mol. The maximum absolute atomic E-state index is 15.4. The van der Waals surface area contributed by atoms with Crippen molar-refractivity contribution in [3.63, 3.8) is 0 Å². The van der Waals surface area contributed by atoms with E-state index in [1.807, 2.05) is 12.2 Å². The summed E-state index contributed by atoms with van der Waals surface area (Å²) in [5, 5.41) is 75.1. The van der Waals surface area contributed by atoms with Crippen LogP contribution in [0.3, 0.4) is 0 Å². The number of aromatic hydroxyl groups is 2. The van der Waals surface area contributed by atoms with Crippen molar-refractivity contribution in [1.29, 1.82) is 0 Å². The van der Waals surface area contributed by atoms with E-state index in [0.717, 1.165) is 4.90 Å². The molecule has 3 aromatic rings. The smallest absolute Gasteiger partial charge is 0.326 e. The van der Waals surface area contributed by atoms with Gasteiger partial charge in [-0.1, -0.05) is 86.0 Å². The molecule has 3 aromatic carbocycles. The maximum atomic E-state index is 15.4. The average molecular weight is 1550 g/mol. The summed E-state index contributed by atoms with van der Waals surface area (Å²) in [6.45, 7) is 2.01. The number of phenols is 2. The summed E-state index contributed by atoms with van der Waals surface area (Å²) in [6, 6.07) is 5.12. The molecule has 23 N–H and O–H groups in total. The standard InChI is InChI=1S/C75H105N15O21/c1-74(72(110)86-52(71(108)109)31-33-62(98)99)34-14-8-6-4-3-5-7-9-15-35-75(2,73(111)87-54(40-46-24-28-48(92)29-25-46)67(104)82-50(20-13-16-36-76)64(101)84-55(68(105)88-74)38-44-18-11-10-12-19-44)89-69(106)57-21-17-37-90(57)70(107)56(42-59(79)94)85-65(102)51(30-32-61(96)97)83-66(103)53(39-45-22-26-47(91)27-23-45)81-60(95)43-80-63(100)49(77)41-58(78)93/h5,7,10-12,18-19,22-29,49-57,91-92H,3-4,6,8-9,13-17,20-21,30-43,76-77H2,1-2H3,(H2,78,93)(H2,79,94)(H,80,100)(H,81,95)(H,82,104)(H,83,103)(H,84,101)(H,85,102)(H,86,110)(H,87,111)(H,88,105)(H,89,106)(H,96,97)(H,98,99)(H,108,109)/b7-5+/t49-,50-,51-,52-,53-,54-,55-,56-,57-,74-,75-/m0/s1. The summed E-state index contributed by atoms with van der Waals surface area (Å²) in [5.74, 6) is -17.4. The molecule has 0 aliphatic carbocycles. The molecule has 1 fully saturated rings. The number of nitrogens with one attached hydrogen (secondary N) is 10. The Bertz CT molecular complexity index is 3790. The van der Waals surface area contributed by atoms with Crippen LogP contribution in [-0.4, -0.2) is 210 Å². The lowest BCUT2D eigenvalue weighted by Gasteiger charge is -2.35. The minimum absolute atomic E-state index is 0.0328. The molecule has 0 bridgehead atoms. The third kappa shape index (κ3) is 30.8. The van der Waals surface area contributed by atoms with Crippen molar-refractivity contribution in [2.24, 2.45) is 22.9 Å². The summed E-state index contributed by atoms with van der Waals surface area (Å²) < 4.78 is 0. The van der Waals surface area contributed by atoms with E-state index in [1.54, 1.807) is 30.3 Å². The first-order valence-electron chi connectivity index (χ1n) is 36.9. The zero-order valence-electron chi connectivity index (χ0n) is 62.3. The van der Waals surface area contributed by atoms with E-state index in [9.17, 15) is 87.9 Å². The number of primary amides is 2. The van der Waals surface area contributed by atoms with Crippen LogP contribution in [0.4, 0.5) is 0 Å². The van der Waals surface area contributed by atoms with Crippen molar-refractivity contribution in [2.45, 2.75) is 227 Å². The fourth-order valence-corrected chi connectivity index (χ4v) is 12.6. The van der Waals surface area contributed by atoms with Crippen LogP contribution in [0, 0.1) is 0 Å². The molecular formula is C75H105N15O21. The van der Waals surface area contributed by atoms with E-state index in [1.165, 1.54) is 62.4 Å². The minimum atomic E-state index is -1.94. The highest BCUT2D eigenvalue weighted by Gasteiger charge is 2.45. The molecule has 0 saturated carbocycles. The van der Waals surface area contributed by atoms with E-state index in [2.05, 4.69) is 53.2 Å². The van der Waals surface area contributed by atoms with Crippen LogP contribution in [0.1, 0.15) is 159 Å². The van der Waals surface area contributed by atoms with Crippen LogP contribution in [0.5, 0.6) is 11.5 Å². The number of nitrogens with two attached hydrogens (primary N) is 4. The van der Waals surface area contributed by atoms with Gasteiger partial charge in [0.15, 0.2) is 0 Å². The number of likely N-dealkylation sites (tertiary alicyclic amines) is 1. The highest BCUT2D eigenvalue weighted by molar-refractivity contribution is 6.01. The van der Waals surface area contributed by atoms with Gasteiger partial charge < -0.3 is 107 Å². The zero-order valence-corrected chi connectivity index (χ0v) is 62.3. The van der Waals surface area contributed by atoms with Gasteiger partial charge in [0.1, 0.15) is 70.9 Å². The second kappa shape index (κ2) is 44.8. The van der Waals surface area contributed by atoms with Gasteiger partial charge in [-0.05, 0) is 145 Å². The molecule has 2 heterocycles. The van der Waals surface area contributed by atoms with Crippen LogP contribution in [0.25, 0.3) is 0 Å².